The molecule has 21 nitrogen and oxygen atoms in total. The second-order valence-electron chi connectivity index (χ2n) is 21.9. The van der Waals surface area contributed by atoms with Crippen molar-refractivity contribution >= 4 is 53.2 Å². The molecule has 0 aromatic rings. The minimum atomic E-state index is -1.76. The first-order valence-electron chi connectivity index (χ1n) is 25.8. The molecule has 0 aliphatic carbocycles. The number of hydrogen-bond acceptors (Lipinski definition) is 12. The second-order valence-corrected chi connectivity index (χ2v) is 21.9. The standard InChI is InChI=1S/C52H95N9O12/c1-20-21-22-32(12)43(63)42(47(67)57-40(35(15)62)52(72)73)61(19)51(71)41(31(10)11)60(18)50(70)37(24-28(4)5)56-46(66)39(26-30(8)9)58(16)48(68)34(14)55-44(64)33(13)54-45(65)38(25-29(6)7)59(17)49(69)36(53)23-27(2)3/h20-21,27-43,62-63H,22-26,53H2,1-19H3,(H,54,65)(H,55,64)(H,56,66)(H,57,67)(H,72,73)/b21-20+/t32-,33+,34-,35-,36+,37?,38+,39+,40+,41+,42+,43-/m1/s1. The van der Waals surface area contributed by atoms with E-state index in [0.29, 0.717) is 19.3 Å². The highest BCUT2D eigenvalue weighted by molar-refractivity contribution is 5.98. The van der Waals surface area contributed by atoms with Gasteiger partial charge < -0.3 is 61.9 Å². The Bertz CT molecular complexity index is 1870. The molecular formula is C52H95N9O12. The summed E-state index contributed by atoms with van der Waals surface area (Å²) in [5.41, 5.74) is 6.17. The summed E-state index contributed by atoms with van der Waals surface area (Å²) >= 11 is 0. The third-order valence-electron chi connectivity index (χ3n) is 12.8. The summed E-state index contributed by atoms with van der Waals surface area (Å²) in [6.45, 7) is 25.9. The van der Waals surface area contributed by atoms with Crippen LogP contribution in [0.2, 0.25) is 0 Å². The zero-order valence-corrected chi connectivity index (χ0v) is 47.4. The van der Waals surface area contributed by atoms with E-state index in [1.54, 1.807) is 39.8 Å². The van der Waals surface area contributed by atoms with Gasteiger partial charge in [0.25, 0.3) is 0 Å². The molecule has 0 aromatic heterocycles. The molecule has 8 amide bonds. The monoisotopic (exact) mass is 1040 g/mol. The fraction of sp³-hybridized carbons (Fsp3) is 0.788. The van der Waals surface area contributed by atoms with Gasteiger partial charge in [0.2, 0.25) is 47.3 Å². The lowest BCUT2D eigenvalue weighted by Gasteiger charge is -2.40. The number of carboxylic acids is 1. The highest BCUT2D eigenvalue weighted by Crippen LogP contribution is 2.23. The van der Waals surface area contributed by atoms with Crippen LogP contribution in [0, 0.1) is 35.5 Å². The van der Waals surface area contributed by atoms with Gasteiger partial charge in [-0.05, 0) is 95.3 Å². The highest BCUT2D eigenvalue weighted by Gasteiger charge is 2.44. The van der Waals surface area contributed by atoms with E-state index >= 15 is 0 Å². The van der Waals surface area contributed by atoms with Crippen LogP contribution in [0.5, 0.6) is 0 Å². The summed E-state index contributed by atoms with van der Waals surface area (Å²) in [6.07, 6.45) is 1.75. The van der Waals surface area contributed by atoms with Gasteiger partial charge >= 0.3 is 5.97 Å². The van der Waals surface area contributed by atoms with E-state index in [-0.39, 0.29) is 36.5 Å². The molecule has 0 aliphatic rings. The van der Waals surface area contributed by atoms with Crippen LogP contribution in [0.15, 0.2) is 12.2 Å². The molecule has 0 bridgehead atoms. The van der Waals surface area contributed by atoms with Gasteiger partial charge in [-0.15, -0.1) is 0 Å². The maximum absolute atomic E-state index is 14.6. The molecule has 0 fully saturated rings. The first-order valence-corrected chi connectivity index (χ1v) is 25.8. The average molecular weight is 1040 g/mol. The Morgan fingerprint density at radius 1 is 0.507 bits per heavy atom. The van der Waals surface area contributed by atoms with Crippen molar-refractivity contribution in [2.24, 2.45) is 41.2 Å². The molecule has 0 saturated heterocycles. The molecule has 0 spiro atoms. The number of aliphatic hydroxyl groups is 2. The molecule has 0 saturated carbocycles. The van der Waals surface area contributed by atoms with Gasteiger partial charge in [-0.2, -0.15) is 0 Å². The number of hydrogen-bond donors (Lipinski definition) is 8. The predicted octanol–water partition coefficient (Wildman–Crippen LogP) is 1.87. The average Bonchev–Trinajstić information content (AvgIpc) is 3.28. The fourth-order valence-electron chi connectivity index (χ4n) is 8.61. The normalized spacial score (nSPS) is 16.8. The summed E-state index contributed by atoms with van der Waals surface area (Å²) in [5.74, 6) is -8.34. The number of amides is 8. The van der Waals surface area contributed by atoms with Crippen LogP contribution in [0.3, 0.4) is 0 Å². The SMILES string of the molecule is C/C=C/C[C@@H](C)[C@@H](O)[C@@H](C(=O)N[C@H](C(=O)O)[C@@H](C)O)N(C)C(=O)[C@H](C(C)C)N(C)C(=O)C(CC(C)C)NC(=O)[C@H](CC(C)C)N(C)C(=O)[C@@H](C)NC(=O)[C@H](C)NC(=O)[C@H](CC(C)C)N(C)C(=O)[C@@H](N)CC(C)C. The van der Waals surface area contributed by atoms with Crippen molar-refractivity contribution in [3.63, 3.8) is 0 Å². The minimum Gasteiger partial charge on any atom is -0.480 e. The highest BCUT2D eigenvalue weighted by atomic mass is 16.4. The molecule has 0 aliphatic heterocycles. The Morgan fingerprint density at radius 2 is 0.945 bits per heavy atom. The number of rotatable bonds is 31. The van der Waals surface area contributed by atoms with Gasteiger partial charge in [0.15, 0.2) is 6.04 Å². The van der Waals surface area contributed by atoms with Crippen LogP contribution in [0.1, 0.15) is 136 Å². The third kappa shape index (κ3) is 21.3. The Hall–Kier alpha value is -5.15. The minimum absolute atomic E-state index is 0.0107. The number of carboxylic acid groups (broad SMARTS) is 1. The molecule has 420 valence electrons. The number of nitrogens with two attached hydrogens (primary N) is 1. The molecule has 0 heterocycles. The van der Waals surface area contributed by atoms with Crippen LogP contribution in [-0.2, 0) is 43.2 Å². The number of carbonyl (C=O) groups is 9. The molecule has 0 radical (unpaired) electrons. The number of aliphatic hydroxyl groups excluding tert-OH is 2. The lowest BCUT2D eigenvalue weighted by Crippen LogP contribution is -2.63. The van der Waals surface area contributed by atoms with Crippen LogP contribution in [0.4, 0.5) is 0 Å². The maximum Gasteiger partial charge on any atom is 0.328 e. The van der Waals surface area contributed by atoms with Crippen molar-refractivity contribution in [1.29, 1.82) is 0 Å². The van der Waals surface area contributed by atoms with E-state index in [9.17, 15) is 58.5 Å². The molecule has 9 N–H and O–H groups in total. The molecule has 0 rings (SSSR count). The Balaban J connectivity index is 6.71. The van der Waals surface area contributed by atoms with Crippen molar-refractivity contribution in [1.82, 2.24) is 40.9 Å². The van der Waals surface area contributed by atoms with Gasteiger partial charge in [0.1, 0.15) is 42.3 Å². The smallest absolute Gasteiger partial charge is 0.328 e. The number of aliphatic carboxylic acids is 1. The molecular weight excluding hydrogens is 943 g/mol. The van der Waals surface area contributed by atoms with Crippen molar-refractivity contribution < 1.29 is 58.5 Å². The van der Waals surface area contributed by atoms with Crippen LogP contribution >= 0.6 is 0 Å². The van der Waals surface area contributed by atoms with Gasteiger partial charge in [-0.25, -0.2) is 4.79 Å². The summed E-state index contributed by atoms with van der Waals surface area (Å²) < 4.78 is 0. The van der Waals surface area contributed by atoms with Gasteiger partial charge in [0.05, 0.1) is 18.2 Å². The summed E-state index contributed by atoms with van der Waals surface area (Å²) in [5, 5.41) is 41.8. The molecule has 0 aromatic carbocycles. The fourth-order valence-corrected chi connectivity index (χ4v) is 8.61. The molecule has 12 atom stereocenters. The Labute approximate surface area is 435 Å². The number of carbonyl (C=O) groups excluding carboxylic acids is 8. The number of nitrogens with zero attached hydrogens (tertiary/aromatic N) is 4. The number of nitrogens with one attached hydrogen (secondary N) is 4. The number of allylic oxidation sites excluding steroid dienone is 2. The molecule has 1 unspecified atom stereocenters. The topological polar surface area (TPSA) is 301 Å². The van der Waals surface area contributed by atoms with Crippen molar-refractivity contribution in [2.45, 2.75) is 203 Å². The zero-order valence-electron chi connectivity index (χ0n) is 47.4. The maximum atomic E-state index is 14.6. The second kappa shape index (κ2) is 31.6. The quantitative estimate of drug-likeness (QED) is 0.0461. The summed E-state index contributed by atoms with van der Waals surface area (Å²) in [4.78, 5) is 128. The first kappa shape index (κ1) is 67.8. The molecule has 21 heteroatoms. The lowest BCUT2D eigenvalue weighted by molar-refractivity contribution is -0.155. The molecule has 73 heavy (non-hydrogen) atoms. The van der Waals surface area contributed by atoms with Crippen LogP contribution in [-0.4, -0.2) is 183 Å². The number of likely N-dealkylation sites (N-methyl/N-ethyl adjacent to an activating group) is 4. The van der Waals surface area contributed by atoms with Crippen molar-refractivity contribution in [3.8, 4) is 0 Å². The Morgan fingerprint density at radius 3 is 1.37 bits per heavy atom. The van der Waals surface area contributed by atoms with Crippen molar-refractivity contribution in [3.05, 3.63) is 12.2 Å². The van der Waals surface area contributed by atoms with Gasteiger partial charge in [-0.1, -0.05) is 88.3 Å². The lowest BCUT2D eigenvalue weighted by atomic mass is 9.91. The van der Waals surface area contributed by atoms with Gasteiger partial charge in [0, 0.05) is 28.2 Å². The van der Waals surface area contributed by atoms with Crippen molar-refractivity contribution in [2.75, 3.05) is 28.2 Å². The van der Waals surface area contributed by atoms with E-state index in [1.165, 1.54) is 63.7 Å². The summed E-state index contributed by atoms with van der Waals surface area (Å²) in [7, 11) is 5.56. The van der Waals surface area contributed by atoms with E-state index < -0.39 is 132 Å². The largest absolute Gasteiger partial charge is 0.480 e. The van der Waals surface area contributed by atoms with E-state index in [1.807, 2.05) is 55.4 Å². The summed E-state index contributed by atoms with van der Waals surface area (Å²) in [6, 6.07) is -11.1. The van der Waals surface area contributed by atoms with Crippen LogP contribution < -0.4 is 27.0 Å². The van der Waals surface area contributed by atoms with E-state index in [4.69, 9.17) is 5.73 Å². The van der Waals surface area contributed by atoms with Crippen LogP contribution in [0.25, 0.3) is 0 Å². The van der Waals surface area contributed by atoms with E-state index in [0.717, 1.165) is 4.90 Å². The third-order valence-corrected chi connectivity index (χ3v) is 12.8. The first-order chi connectivity index (χ1) is 33.5. The van der Waals surface area contributed by atoms with E-state index in [2.05, 4.69) is 21.3 Å². The zero-order chi connectivity index (χ0) is 57.1. The van der Waals surface area contributed by atoms with Gasteiger partial charge in [-0.3, -0.25) is 38.4 Å². The predicted molar refractivity (Wildman–Crippen MR) is 280 cm³/mol. The Kier molecular flexibility index (Phi) is 29.3.